The van der Waals surface area contributed by atoms with Crippen LogP contribution in [0.15, 0.2) is 30.3 Å². The van der Waals surface area contributed by atoms with Gasteiger partial charge in [0.15, 0.2) is 0 Å². The summed E-state index contributed by atoms with van der Waals surface area (Å²) in [6, 6.07) is 9.06. The Morgan fingerprint density at radius 1 is 1.11 bits per heavy atom. The minimum Gasteiger partial charge on any atom is -0.616 e. The van der Waals surface area contributed by atoms with Crippen LogP contribution in [0.3, 0.4) is 0 Å². The van der Waals surface area contributed by atoms with Crippen LogP contribution in [-0.2, 0) is 6.42 Å². The molecule has 0 unspecified atom stereocenters. The van der Waals surface area contributed by atoms with Crippen molar-refractivity contribution in [1.82, 2.24) is 0 Å². The Bertz CT molecular complexity index is 552. The van der Waals surface area contributed by atoms with Crippen molar-refractivity contribution < 1.29 is 9.84 Å². The Balaban J connectivity index is 2.16. The molecule has 0 saturated carbocycles. The van der Waals surface area contributed by atoms with E-state index in [2.05, 4.69) is 6.92 Å². The van der Waals surface area contributed by atoms with Crippen molar-refractivity contribution in [3.8, 4) is 5.88 Å². The van der Waals surface area contributed by atoms with Gasteiger partial charge in [-0.15, -0.1) is 4.73 Å². The second kappa shape index (κ2) is 6.41. The number of nitrogens with zero attached hydrogens (tertiary/aromatic N) is 1. The van der Waals surface area contributed by atoms with E-state index in [1.165, 1.54) is 25.7 Å². The van der Waals surface area contributed by atoms with Crippen molar-refractivity contribution in [2.45, 2.75) is 45.4 Å². The third kappa shape index (κ3) is 3.16. The Hall–Kier alpha value is -1.77. The predicted octanol–water partition coefficient (Wildman–Crippen LogP) is 3.69. The van der Waals surface area contributed by atoms with E-state index >= 15 is 0 Å². The zero-order chi connectivity index (χ0) is 13.7. The number of aryl methyl sites for hydroxylation is 1. The molecule has 0 spiro atoms. The Labute approximate surface area is 114 Å². The number of hydrogen-bond donors (Lipinski definition) is 1. The van der Waals surface area contributed by atoms with Gasteiger partial charge in [0, 0.05) is 6.07 Å². The number of benzene rings is 1. The van der Waals surface area contributed by atoms with Crippen molar-refractivity contribution >= 4 is 10.9 Å². The van der Waals surface area contributed by atoms with Gasteiger partial charge >= 0.3 is 5.88 Å². The molecule has 0 amide bonds. The third-order valence-corrected chi connectivity index (χ3v) is 3.53. The fraction of sp³-hybridized carbons (Fsp3) is 0.438. The van der Waals surface area contributed by atoms with E-state index in [-0.39, 0.29) is 5.88 Å². The molecule has 1 N–H and O–H groups in total. The van der Waals surface area contributed by atoms with Crippen molar-refractivity contribution in [3.63, 3.8) is 0 Å². The van der Waals surface area contributed by atoms with E-state index in [9.17, 15) is 10.3 Å². The van der Waals surface area contributed by atoms with Crippen LogP contribution in [0.25, 0.3) is 10.9 Å². The summed E-state index contributed by atoms with van der Waals surface area (Å²) >= 11 is 0. The van der Waals surface area contributed by atoms with Crippen molar-refractivity contribution in [1.29, 1.82) is 0 Å². The molecular weight excluding hydrogens is 238 g/mol. The lowest BCUT2D eigenvalue weighted by atomic mass is 10.0. The maximum atomic E-state index is 11.8. The Morgan fingerprint density at radius 3 is 2.63 bits per heavy atom. The SMILES string of the molecule is CCCCCCCc1cc(O)[n+]([O-])c2ccccc12. The summed E-state index contributed by atoms with van der Waals surface area (Å²) in [4.78, 5) is 0. The van der Waals surface area contributed by atoms with Crippen LogP contribution in [0.1, 0.15) is 44.6 Å². The second-order valence-electron chi connectivity index (χ2n) is 5.00. The Kier molecular flexibility index (Phi) is 4.61. The van der Waals surface area contributed by atoms with Crippen LogP contribution in [0.2, 0.25) is 0 Å². The summed E-state index contributed by atoms with van der Waals surface area (Å²) in [5.74, 6) is -0.206. The van der Waals surface area contributed by atoms with Crippen molar-refractivity contribution in [2.75, 3.05) is 0 Å². The van der Waals surface area contributed by atoms with E-state index < -0.39 is 0 Å². The first-order chi connectivity index (χ1) is 9.24. The molecule has 0 bridgehead atoms. The first kappa shape index (κ1) is 13.7. The molecule has 0 saturated heterocycles. The van der Waals surface area contributed by atoms with Gasteiger partial charge in [0.1, 0.15) is 0 Å². The molecule has 19 heavy (non-hydrogen) atoms. The van der Waals surface area contributed by atoms with Crippen LogP contribution < -0.4 is 4.73 Å². The fourth-order valence-corrected chi connectivity index (χ4v) is 2.46. The molecule has 0 atom stereocenters. The lowest BCUT2D eigenvalue weighted by Gasteiger charge is -2.08. The number of fused-ring (bicyclic) bond motifs is 1. The molecule has 1 heterocycles. The molecule has 2 rings (SSSR count). The number of rotatable bonds is 6. The summed E-state index contributed by atoms with van der Waals surface area (Å²) in [5, 5.41) is 22.4. The summed E-state index contributed by atoms with van der Waals surface area (Å²) < 4.78 is 0.593. The van der Waals surface area contributed by atoms with Gasteiger partial charge in [-0.05, 0) is 24.5 Å². The standard InChI is InChI=1S/C16H21NO2/c1-2-3-4-5-6-9-13-12-16(18)17(19)15-11-8-7-10-14(13)15/h7-8,10-12,18H,2-6,9H2,1H3. The van der Waals surface area contributed by atoms with Gasteiger partial charge in [-0.3, -0.25) is 0 Å². The molecule has 3 heteroatoms. The summed E-state index contributed by atoms with van der Waals surface area (Å²) in [6.07, 6.45) is 7.00. The molecule has 0 radical (unpaired) electrons. The van der Waals surface area contributed by atoms with Gasteiger partial charge in [0.05, 0.1) is 11.5 Å². The molecule has 0 aliphatic heterocycles. The number of aromatic nitrogens is 1. The van der Waals surface area contributed by atoms with Crippen LogP contribution >= 0.6 is 0 Å². The zero-order valence-corrected chi connectivity index (χ0v) is 11.4. The molecule has 2 aromatic rings. The van der Waals surface area contributed by atoms with E-state index in [1.807, 2.05) is 18.2 Å². The maximum absolute atomic E-state index is 11.8. The smallest absolute Gasteiger partial charge is 0.377 e. The number of unbranched alkanes of at least 4 members (excludes halogenated alkanes) is 4. The van der Waals surface area contributed by atoms with E-state index in [4.69, 9.17) is 0 Å². The van der Waals surface area contributed by atoms with Crippen LogP contribution in [0, 0.1) is 5.21 Å². The highest BCUT2D eigenvalue weighted by atomic mass is 16.5. The van der Waals surface area contributed by atoms with Gasteiger partial charge in [-0.25, -0.2) is 0 Å². The average molecular weight is 259 g/mol. The Morgan fingerprint density at radius 2 is 1.84 bits per heavy atom. The predicted molar refractivity (Wildman–Crippen MR) is 77.0 cm³/mol. The lowest BCUT2D eigenvalue weighted by Crippen LogP contribution is -2.27. The minimum atomic E-state index is -0.206. The average Bonchev–Trinajstić information content (AvgIpc) is 2.44. The van der Waals surface area contributed by atoms with Gasteiger partial charge in [0.25, 0.3) is 0 Å². The number of para-hydroxylation sites is 1. The summed E-state index contributed by atoms with van der Waals surface area (Å²) in [6.45, 7) is 2.20. The monoisotopic (exact) mass is 259 g/mol. The number of hydrogen-bond acceptors (Lipinski definition) is 2. The minimum absolute atomic E-state index is 0.206. The fourth-order valence-electron chi connectivity index (χ4n) is 2.46. The molecular formula is C16H21NO2. The molecule has 1 aromatic heterocycles. The van der Waals surface area contributed by atoms with Gasteiger partial charge in [0.2, 0.25) is 5.52 Å². The largest absolute Gasteiger partial charge is 0.616 e. The van der Waals surface area contributed by atoms with Gasteiger partial charge < -0.3 is 10.3 Å². The zero-order valence-electron chi connectivity index (χ0n) is 11.4. The van der Waals surface area contributed by atoms with Crippen LogP contribution in [0.4, 0.5) is 0 Å². The molecule has 0 aliphatic rings. The third-order valence-electron chi connectivity index (χ3n) is 3.53. The van der Waals surface area contributed by atoms with Gasteiger partial charge in [-0.1, -0.05) is 44.7 Å². The number of pyridine rings is 1. The van der Waals surface area contributed by atoms with Gasteiger partial charge in [-0.2, -0.15) is 0 Å². The maximum Gasteiger partial charge on any atom is 0.377 e. The van der Waals surface area contributed by atoms with E-state index in [0.717, 1.165) is 23.8 Å². The second-order valence-corrected chi connectivity index (χ2v) is 5.00. The first-order valence-corrected chi connectivity index (χ1v) is 7.07. The molecule has 0 fully saturated rings. The number of aromatic hydroxyl groups is 1. The lowest BCUT2D eigenvalue weighted by molar-refractivity contribution is -0.585. The molecule has 3 nitrogen and oxygen atoms in total. The van der Waals surface area contributed by atoms with Crippen molar-refractivity contribution in [3.05, 3.63) is 41.1 Å². The molecule has 1 aromatic carbocycles. The summed E-state index contributed by atoms with van der Waals surface area (Å²) in [5.41, 5.74) is 1.61. The first-order valence-electron chi connectivity index (χ1n) is 7.07. The molecule has 0 aliphatic carbocycles. The quantitative estimate of drug-likeness (QED) is 0.488. The van der Waals surface area contributed by atoms with Crippen LogP contribution in [-0.4, -0.2) is 5.11 Å². The highest BCUT2D eigenvalue weighted by Gasteiger charge is 2.13. The highest BCUT2D eigenvalue weighted by Crippen LogP contribution is 2.21. The molecule has 102 valence electrons. The normalized spacial score (nSPS) is 11.0. The summed E-state index contributed by atoms with van der Waals surface area (Å²) in [7, 11) is 0. The van der Waals surface area contributed by atoms with Crippen molar-refractivity contribution in [2.24, 2.45) is 0 Å². The van der Waals surface area contributed by atoms with Crippen LogP contribution in [0.5, 0.6) is 5.88 Å². The topological polar surface area (TPSA) is 47.2 Å². The van der Waals surface area contributed by atoms with E-state index in [0.29, 0.717) is 10.2 Å². The van der Waals surface area contributed by atoms with E-state index in [1.54, 1.807) is 12.1 Å². The highest BCUT2D eigenvalue weighted by molar-refractivity contribution is 5.79.